The van der Waals surface area contributed by atoms with Crippen molar-refractivity contribution in [3.63, 3.8) is 0 Å². The highest BCUT2D eigenvalue weighted by atomic mass is 19.2. The van der Waals surface area contributed by atoms with Gasteiger partial charge >= 0.3 is 0 Å². The first-order valence-electron chi connectivity index (χ1n) is 6.64. The van der Waals surface area contributed by atoms with Crippen LogP contribution in [0.15, 0.2) is 36.4 Å². The van der Waals surface area contributed by atoms with E-state index in [1.807, 2.05) is 25.1 Å². The molecule has 0 aliphatic carbocycles. The van der Waals surface area contributed by atoms with Crippen molar-refractivity contribution in [3.8, 4) is 5.75 Å². The van der Waals surface area contributed by atoms with Gasteiger partial charge in [0, 0.05) is 5.69 Å². The zero-order chi connectivity index (χ0) is 14.1. The first-order valence-corrected chi connectivity index (χ1v) is 6.64. The Kier molecular flexibility index (Phi) is 3.30. The second-order valence-electron chi connectivity index (χ2n) is 4.83. The summed E-state index contributed by atoms with van der Waals surface area (Å²) >= 11 is 0. The number of ether oxygens (including phenoxy) is 1. The topological polar surface area (TPSA) is 21.3 Å². The molecule has 20 heavy (non-hydrogen) atoms. The maximum atomic E-state index is 13.3. The van der Waals surface area contributed by atoms with Crippen molar-refractivity contribution in [2.75, 3.05) is 11.9 Å². The van der Waals surface area contributed by atoms with Gasteiger partial charge in [0.1, 0.15) is 5.75 Å². The van der Waals surface area contributed by atoms with E-state index in [1.54, 1.807) is 6.07 Å². The van der Waals surface area contributed by atoms with Crippen LogP contribution in [-0.4, -0.2) is 6.61 Å². The number of hydrogen-bond acceptors (Lipinski definition) is 2. The number of hydrogen-bond donors (Lipinski definition) is 1. The van der Waals surface area contributed by atoms with Crippen LogP contribution in [0.1, 0.15) is 24.1 Å². The monoisotopic (exact) mass is 275 g/mol. The molecule has 1 atom stereocenters. The van der Waals surface area contributed by atoms with Crippen molar-refractivity contribution < 1.29 is 13.5 Å². The summed E-state index contributed by atoms with van der Waals surface area (Å²) in [6, 6.07) is 9.86. The van der Waals surface area contributed by atoms with E-state index in [-0.39, 0.29) is 6.04 Å². The Hall–Kier alpha value is -2.10. The molecule has 0 fully saturated rings. The summed E-state index contributed by atoms with van der Waals surface area (Å²) in [4.78, 5) is 0. The molecule has 0 saturated heterocycles. The van der Waals surface area contributed by atoms with Crippen molar-refractivity contribution in [1.29, 1.82) is 0 Å². The fraction of sp³-hybridized carbons (Fsp3) is 0.250. The molecule has 2 aromatic rings. The average molecular weight is 275 g/mol. The number of fused-ring (bicyclic) bond motifs is 1. The van der Waals surface area contributed by atoms with Crippen LogP contribution < -0.4 is 10.1 Å². The van der Waals surface area contributed by atoms with Gasteiger partial charge in [-0.1, -0.05) is 6.07 Å². The SMILES string of the molecule is CCOc1ccc2c(c1)CC(c1ccc(F)c(F)c1)N2. The number of benzene rings is 2. The summed E-state index contributed by atoms with van der Waals surface area (Å²) in [5.41, 5.74) is 2.90. The molecule has 0 aromatic heterocycles. The van der Waals surface area contributed by atoms with Gasteiger partial charge in [-0.05, 0) is 54.8 Å². The van der Waals surface area contributed by atoms with Crippen LogP contribution in [0.3, 0.4) is 0 Å². The highest BCUT2D eigenvalue weighted by Crippen LogP contribution is 2.36. The molecule has 0 spiro atoms. The van der Waals surface area contributed by atoms with E-state index in [0.717, 1.165) is 29.0 Å². The Bertz CT molecular complexity index is 642. The Morgan fingerprint density at radius 2 is 2.00 bits per heavy atom. The number of rotatable bonds is 3. The number of anilines is 1. The molecule has 0 bridgehead atoms. The van der Waals surface area contributed by atoms with E-state index < -0.39 is 11.6 Å². The van der Waals surface area contributed by atoms with E-state index in [9.17, 15) is 8.78 Å². The number of halogens is 2. The summed E-state index contributed by atoms with van der Waals surface area (Å²) in [6.07, 6.45) is 0.737. The smallest absolute Gasteiger partial charge is 0.159 e. The lowest BCUT2D eigenvalue weighted by atomic mass is 10.0. The Morgan fingerprint density at radius 3 is 2.75 bits per heavy atom. The molecule has 3 rings (SSSR count). The van der Waals surface area contributed by atoms with Crippen LogP contribution in [0.25, 0.3) is 0 Å². The maximum absolute atomic E-state index is 13.3. The predicted molar refractivity (Wildman–Crippen MR) is 74.0 cm³/mol. The Morgan fingerprint density at radius 1 is 1.15 bits per heavy atom. The quantitative estimate of drug-likeness (QED) is 0.911. The van der Waals surface area contributed by atoms with Crippen molar-refractivity contribution in [3.05, 3.63) is 59.2 Å². The molecule has 0 saturated carbocycles. The molecule has 0 radical (unpaired) electrons. The first kappa shape index (κ1) is 12.9. The van der Waals surface area contributed by atoms with E-state index in [1.165, 1.54) is 12.1 Å². The summed E-state index contributed by atoms with van der Waals surface area (Å²) in [7, 11) is 0. The molecule has 2 aromatic carbocycles. The second kappa shape index (κ2) is 5.12. The molecular weight excluding hydrogens is 260 g/mol. The lowest BCUT2D eigenvalue weighted by molar-refractivity contribution is 0.340. The van der Waals surface area contributed by atoms with Gasteiger partial charge < -0.3 is 10.1 Å². The van der Waals surface area contributed by atoms with Crippen LogP contribution >= 0.6 is 0 Å². The van der Waals surface area contributed by atoms with Gasteiger partial charge in [-0.2, -0.15) is 0 Å². The molecule has 1 N–H and O–H groups in total. The van der Waals surface area contributed by atoms with Crippen molar-refractivity contribution >= 4 is 5.69 Å². The lowest BCUT2D eigenvalue weighted by Crippen LogP contribution is -2.06. The van der Waals surface area contributed by atoms with Crippen molar-refractivity contribution in [2.24, 2.45) is 0 Å². The maximum Gasteiger partial charge on any atom is 0.159 e. The lowest BCUT2D eigenvalue weighted by Gasteiger charge is -2.11. The van der Waals surface area contributed by atoms with E-state index in [2.05, 4.69) is 5.32 Å². The zero-order valence-corrected chi connectivity index (χ0v) is 11.1. The molecule has 1 aliphatic rings. The van der Waals surface area contributed by atoms with Gasteiger partial charge in [0.25, 0.3) is 0 Å². The fourth-order valence-corrected chi connectivity index (χ4v) is 2.53. The third-order valence-corrected chi connectivity index (χ3v) is 3.49. The van der Waals surface area contributed by atoms with Crippen molar-refractivity contribution in [2.45, 2.75) is 19.4 Å². The van der Waals surface area contributed by atoms with E-state index >= 15 is 0 Å². The van der Waals surface area contributed by atoms with Crippen LogP contribution in [0.4, 0.5) is 14.5 Å². The summed E-state index contributed by atoms with van der Waals surface area (Å²) in [5.74, 6) is -0.794. The molecular formula is C16H15F2NO. The molecule has 2 nitrogen and oxygen atoms in total. The fourth-order valence-electron chi connectivity index (χ4n) is 2.53. The first-order chi connectivity index (χ1) is 9.67. The average Bonchev–Trinajstić information content (AvgIpc) is 2.85. The van der Waals surface area contributed by atoms with Gasteiger partial charge in [0.2, 0.25) is 0 Å². The van der Waals surface area contributed by atoms with Crippen LogP contribution in [0.5, 0.6) is 5.75 Å². The third-order valence-electron chi connectivity index (χ3n) is 3.49. The standard InChI is InChI=1S/C16H15F2NO/c1-2-20-12-4-6-15-11(7-12)9-16(19-15)10-3-5-13(17)14(18)8-10/h3-8,16,19H,2,9H2,1H3. The van der Waals surface area contributed by atoms with Crippen molar-refractivity contribution in [1.82, 2.24) is 0 Å². The van der Waals surface area contributed by atoms with E-state index in [4.69, 9.17) is 4.74 Å². The molecule has 0 amide bonds. The minimum Gasteiger partial charge on any atom is -0.494 e. The van der Waals surface area contributed by atoms with Crippen LogP contribution in [-0.2, 0) is 6.42 Å². The summed E-state index contributed by atoms with van der Waals surface area (Å²) < 4.78 is 31.7. The van der Waals surface area contributed by atoms with Crippen LogP contribution in [0, 0.1) is 11.6 Å². The van der Waals surface area contributed by atoms with Gasteiger partial charge in [0.15, 0.2) is 11.6 Å². The molecule has 1 aliphatic heterocycles. The minimum atomic E-state index is -0.817. The van der Waals surface area contributed by atoms with Gasteiger partial charge in [-0.25, -0.2) is 8.78 Å². The minimum absolute atomic E-state index is 0.0306. The van der Waals surface area contributed by atoms with Gasteiger partial charge in [-0.15, -0.1) is 0 Å². The number of nitrogens with one attached hydrogen (secondary N) is 1. The Labute approximate surface area is 116 Å². The zero-order valence-electron chi connectivity index (χ0n) is 11.1. The van der Waals surface area contributed by atoms with E-state index in [0.29, 0.717) is 6.61 Å². The normalized spacial score (nSPS) is 16.6. The molecule has 1 heterocycles. The molecule has 4 heteroatoms. The second-order valence-corrected chi connectivity index (χ2v) is 4.83. The van der Waals surface area contributed by atoms with Gasteiger partial charge in [0.05, 0.1) is 12.6 Å². The largest absolute Gasteiger partial charge is 0.494 e. The summed E-state index contributed by atoms with van der Waals surface area (Å²) in [5, 5.41) is 3.32. The van der Waals surface area contributed by atoms with Crippen LogP contribution in [0.2, 0.25) is 0 Å². The van der Waals surface area contributed by atoms with Gasteiger partial charge in [-0.3, -0.25) is 0 Å². The molecule has 104 valence electrons. The molecule has 1 unspecified atom stereocenters. The predicted octanol–water partition coefficient (Wildman–Crippen LogP) is 4.07. The highest BCUT2D eigenvalue weighted by molar-refractivity contribution is 5.60. The third kappa shape index (κ3) is 2.33. The Balaban J connectivity index is 1.84. The highest BCUT2D eigenvalue weighted by Gasteiger charge is 2.23. The summed E-state index contributed by atoms with van der Waals surface area (Å²) in [6.45, 7) is 2.56.